The topological polar surface area (TPSA) is 152 Å². The van der Waals surface area contributed by atoms with Crippen LogP contribution in [-0.2, 0) is 14.3 Å². The lowest BCUT2D eigenvalue weighted by Gasteiger charge is -2.43. The first-order valence-corrected chi connectivity index (χ1v) is 20.6. The standard InChI is InChI=1S/C43H57F3N8O6/c1-26(2)36(50-41(58)59-7)38(55)54-27(3)8-15-34(54)37-47-25-33(49-37)29-11-9-28(10-12-29)32-14-13-30(24-35(32)60-43(44,45)46)48-40(57)53-22-20-51(21-23-53)31-16-18-52(19-17-31)39(56)42(4,5)6/h9-14,24-27,31,34,36H,8,15-23H2,1-7H3,(H,47,49)(H,48,57)(H,50,58)/t27-,34-,36-/m0/s1. The molecule has 0 spiro atoms. The summed E-state index contributed by atoms with van der Waals surface area (Å²) in [5.41, 5.74) is 1.66. The van der Waals surface area contributed by atoms with Crippen LogP contribution < -0.4 is 15.4 Å². The second kappa shape index (κ2) is 18.1. The molecule has 0 saturated carbocycles. The third kappa shape index (κ3) is 10.3. The quantitative estimate of drug-likeness (QED) is 0.204. The minimum atomic E-state index is -4.98. The first-order valence-electron chi connectivity index (χ1n) is 20.6. The highest BCUT2D eigenvalue weighted by Gasteiger charge is 2.41. The van der Waals surface area contributed by atoms with Crippen LogP contribution in [0.2, 0.25) is 0 Å². The highest BCUT2D eigenvalue weighted by Crippen LogP contribution is 2.39. The second-order valence-corrected chi connectivity index (χ2v) is 17.3. The van der Waals surface area contributed by atoms with Gasteiger partial charge in [-0.15, -0.1) is 13.2 Å². The molecule has 6 rings (SSSR count). The lowest BCUT2D eigenvalue weighted by molar-refractivity contribution is -0.274. The molecule has 3 saturated heterocycles. The molecule has 3 fully saturated rings. The Morgan fingerprint density at radius 3 is 2.12 bits per heavy atom. The van der Waals surface area contributed by atoms with Crippen molar-refractivity contribution < 1.29 is 41.8 Å². The van der Waals surface area contributed by atoms with E-state index in [9.17, 15) is 32.3 Å². The number of ether oxygens (including phenoxy) is 2. The fraction of sp³-hybridized carbons (Fsp3) is 0.558. The molecule has 5 amide bonds. The zero-order chi connectivity index (χ0) is 43.5. The molecule has 326 valence electrons. The predicted molar refractivity (Wildman–Crippen MR) is 220 cm³/mol. The summed E-state index contributed by atoms with van der Waals surface area (Å²) in [7, 11) is 1.25. The summed E-state index contributed by atoms with van der Waals surface area (Å²) in [5, 5.41) is 5.41. The number of alkyl halides is 3. The Bertz CT molecular complexity index is 2000. The molecule has 14 nitrogen and oxygen atoms in total. The van der Waals surface area contributed by atoms with Gasteiger partial charge in [-0.1, -0.05) is 58.9 Å². The largest absolute Gasteiger partial charge is 0.573 e. The smallest absolute Gasteiger partial charge is 0.453 e. The number of nitrogens with zero attached hydrogens (tertiary/aromatic N) is 5. The molecule has 0 bridgehead atoms. The maximum atomic E-state index is 13.7. The number of anilines is 1. The van der Waals surface area contributed by atoms with Crippen molar-refractivity contribution >= 4 is 29.6 Å². The number of aromatic nitrogens is 2. The van der Waals surface area contributed by atoms with Gasteiger partial charge in [0.2, 0.25) is 11.8 Å². The van der Waals surface area contributed by atoms with Gasteiger partial charge in [-0.25, -0.2) is 14.6 Å². The third-order valence-corrected chi connectivity index (χ3v) is 11.7. The molecule has 3 aliphatic rings. The van der Waals surface area contributed by atoms with Crippen LogP contribution in [0, 0.1) is 11.3 Å². The molecule has 1 aromatic heterocycles. The van der Waals surface area contributed by atoms with Gasteiger partial charge in [-0.2, -0.15) is 0 Å². The van der Waals surface area contributed by atoms with E-state index in [0.29, 0.717) is 74.4 Å². The predicted octanol–water partition coefficient (Wildman–Crippen LogP) is 7.26. The van der Waals surface area contributed by atoms with E-state index in [0.717, 1.165) is 19.3 Å². The number of halogens is 3. The minimum Gasteiger partial charge on any atom is -0.453 e. The molecule has 0 aliphatic carbocycles. The lowest BCUT2D eigenvalue weighted by atomic mass is 9.92. The number of H-pyrrole nitrogens is 1. The zero-order valence-electron chi connectivity index (χ0n) is 35.4. The Morgan fingerprint density at radius 2 is 1.52 bits per heavy atom. The van der Waals surface area contributed by atoms with E-state index in [1.807, 2.05) is 46.4 Å². The minimum absolute atomic E-state index is 0.0906. The van der Waals surface area contributed by atoms with Gasteiger partial charge in [-0.05, 0) is 56.2 Å². The summed E-state index contributed by atoms with van der Waals surface area (Å²) < 4.78 is 50.3. The van der Waals surface area contributed by atoms with E-state index < -0.39 is 35.7 Å². The molecule has 3 atom stereocenters. The molecule has 0 unspecified atom stereocenters. The van der Waals surface area contributed by atoms with Crippen molar-refractivity contribution in [1.29, 1.82) is 0 Å². The van der Waals surface area contributed by atoms with Gasteiger partial charge in [0.1, 0.15) is 17.6 Å². The number of benzene rings is 2. The normalized spacial score (nSPS) is 19.9. The number of piperidine rings is 1. The maximum Gasteiger partial charge on any atom is 0.573 e. The lowest BCUT2D eigenvalue weighted by Crippen LogP contribution is -2.56. The average molecular weight is 839 g/mol. The fourth-order valence-electron chi connectivity index (χ4n) is 8.41. The average Bonchev–Trinajstić information content (AvgIpc) is 3.85. The van der Waals surface area contributed by atoms with Crippen LogP contribution in [0.4, 0.5) is 28.4 Å². The van der Waals surface area contributed by atoms with Crippen LogP contribution in [0.3, 0.4) is 0 Å². The summed E-state index contributed by atoms with van der Waals surface area (Å²) in [4.78, 5) is 67.5. The number of carbonyl (C=O) groups excluding carboxylic acids is 4. The van der Waals surface area contributed by atoms with Gasteiger partial charge in [0, 0.05) is 85.8 Å². The van der Waals surface area contributed by atoms with Crippen molar-refractivity contribution in [2.45, 2.75) is 97.8 Å². The molecule has 3 aromatic rings. The molecule has 4 heterocycles. The summed E-state index contributed by atoms with van der Waals surface area (Å²) in [5.74, 6) is -0.137. The van der Waals surface area contributed by atoms with Crippen molar-refractivity contribution in [3.05, 3.63) is 54.5 Å². The summed E-state index contributed by atoms with van der Waals surface area (Å²) in [6.45, 7) is 15.1. The van der Waals surface area contributed by atoms with Crippen LogP contribution in [-0.4, -0.2) is 124 Å². The number of hydrogen-bond acceptors (Lipinski definition) is 8. The van der Waals surface area contributed by atoms with Crippen LogP contribution in [0.25, 0.3) is 22.4 Å². The molecular formula is C43H57F3N8O6. The number of hydrogen-bond donors (Lipinski definition) is 3. The number of rotatable bonds is 9. The molecule has 60 heavy (non-hydrogen) atoms. The molecular weight excluding hydrogens is 782 g/mol. The molecule has 0 radical (unpaired) electrons. The van der Waals surface area contributed by atoms with E-state index in [1.165, 1.54) is 19.2 Å². The second-order valence-electron chi connectivity index (χ2n) is 17.3. The first kappa shape index (κ1) is 44.2. The van der Waals surface area contributed by atoms with Gasteiger partial charge in [0.15, 0.2) is 0 Å². The number of alkyl carbamates (subject to hydrolysis) is 1. The Morgan fingerprint density at radius 1 is 0.867 bits per heavy atom. The van der Waals surface area contributed by atoms with Crippen molar-refractivity contribution in [3.63, 3.8) is 0 Å². The van der Waals surface area contributed by atoms with E-state index >= 15 is 0 Å². The van der Waals surface area contributed by atoms with Gasteiger partial charge < -0.3 is 39.8 Å². The molecule has 2 aromatic carbocycles. The van der Waals surface area contributed by atoms with Gasteiger partial charge in [0.05, 0.1) is 18.8 Å². The monoisotopic (exact) mass is 838 g/mol. The Kier molecular flexibility index (Phi) is 13.4. The Balaban J connectivity index is 1.09. The van der Waals surface area contributed by atoms with E-state index in [2.05, 4.69) is 25.3 Å². The summed E-state index contributed by atoms with van der Waals surface area (Å²) in [6, 6.07) is 9.73. The number of methoxy groups -OCH3 is 1. The van der Waals surface area contributed by atoms with Crippen molar-refractivity contribution in [3.8, 4) is 28.1 Å². The van der Waals surface area contributed by atoms with Crippen LogP contribution in [0.15, 0.2) is 48.7 Å². The van der Waals surface area contributed by atoms with E-state index in [4.69, 9.17) is 9.72 Å². The maximum absolute atomic E-state index is 13.7. The van der Waals surface area contributed by atoms with E-state index in [1.54, 1.807) is 46.3 Å². The number of aromatic amines is 1. The third-order valence-electron chi connectivity index (χ3n) is 11.7. The molecule has 3 N–H and O–H groups in total. The number of piperazine rings is 1. The number of imidazole rings is 1. The molecule has 17 heteroatoms. The number of nitrogens with one attached hydrogen (secondary N) is 3. The SMILES string of the molecule is COC(=O)N[C@H](C(=O)N1[C@@H](C)CC[C@H]1c1nc(-c2ccc(-c3ccc(NC(=O)N4CCN(C5CCN(C(=O)C(C)(C)C)CC5)CC4)cc3OC(F)(F)F)cc2)c[nH]1)C(C)C. The number of carbonyl (C=O) groups is 4. The number of amides is 5. The van der Waals surface area contributed by atoms with Crippen molar-refractivity contribution in [2.24, 2.45) is 11.3 Å². The van der Waals surface area contributed by atoms with Crippen LogP contribution in [0.5, 0.6) is 5.75 Å². The highest BCUT2D eigenvalue weighted by molar-refractivity contribution is 5.91. The Hall–Kier alpha value is -5.32. The molecule has 3 aliphatic heterocycles. The van der Waals surface area contributed by atoms with Gasteiger partial charge in [0.25, 0.3) is 0 Å². The highest BCUT2D eigenvalue weighted by atomic mass is 19.4. The van der Waals surface area contributed by atoms with Gasteiger partial charge in [-0.3, -0.25) is 14.5 Å². The van der Waals surface area contributed by atoms with Crippen LogP contribution >= 0.6 is 0 Å². The van der Waals surface area contributed by atoms with Crippen molar-refractivity contribution in [1.82, 2.24) is 34.9 Å². The zero-order valence-corrected chi connectivity index (χ0v) is 35.4. The summed E-state index contributed by atoms with van der Waals surface area (Å²) in [6.07, 6.45) is -0.791. The van der Waals surface area contributed by atoms with Crippen molar-refractivity contribution in [2.75, 3.05) is 51.7 Å². The number of likely N-dealkylation sites (tertiary alicyclic amines) is 2. The van der Waals surface area contributed by atoms with Gasteiger partial charge >= 0.3 is 18.5 Å². The first-order chi connectivity index (χ1) is 28.3. The van der Waals surface area contributed by atoms with E-state index in [-0.39, 0.29) is 41.1 Å². The van der Waals surface area contributed by atoms with Crippen LogP contribution in [0.1, 0.15) is 79.1 Å². The fourth-order valence-corrected chi connectivity index (χ4v) is 8.41. The Labute approximate surface area is 349 Å². The number of urea groups is 1. The summed E-state index contributed by atoms with van der Waals surface area (Å²) >= 11 is 0.